The largest absolute Gasteiger partial charge is 0.497 e. The lowest BCUT2D eigenvalue weighted by Gasteiger charge is -2.13. The maximum atomic E-state index is 13.2. The van der Waals surface area contributed by atoms with E-state index in [0.717, 1.165) is 33.8 Å². The number of nitrogens with zero attached hydrogens (tertiary/aromatic N) is 3. The van der Waals surface area contributed by atoms with Gasteiger partial charge in [-0.1, -0.05) is 72.8 Å². The van der Waals surface area contributed by atoms with Crippen LogP contribution in [0.5, 0.6) is 5.75 Å². The number of benzene rings is 4. The van der Waals surface area contributed by atoms with E-state index in [9.17, 15) is 9.59 Å². The van der Waals surface area contributed by atoms with Gasteiger partial charge in [-0.15, -0.1) is 0 Å². The van der Waals surface area contributed by atoms with Crippen LogP contribution in [0, 0.1) is 0 Å². The standard InChI is InChI=1S/C32H26N4O4/c1-40-27-18-16-25(17-19-27)31-34-29(23-8-4-2-5-9-23)30(24-10-6-3-7-11-24)36(31)21-28(37)35-33-20-22-12-14-26(15-13-22)32(38)39/h2-20H,21H2,1H3,(H,35,37)(H,38,39)/b33-20+. The molecule has 0 saturated carbocycles. The van der Waals surface area contributed by atoms with Crippen LogP contribution in [-0.4, -0.2) is 39.9 Å². The van der Waals surface area contributed by atoms with Crippen molar-refractivity contribution in [2.75, 3.05) is 7.11 Å². The van der Waals surface area contributed by atoms with Gasteiger partial charge >= 0.3 is 5.97 Å². The first-order valence-corrected chi connectivity index (χ1v) is 12.5. The van der Waals surface area contributed by atoms with E-state index in [-0.39, 0.29) is 18.0 Å². The number of imidazole rings is 1. The van der Waals surface area contributed by atoms with E-state index in [1.165, 1.54) is 18.3 Å². The molecule has 0 atom stereocenters. The molecule has 0 aliphatic heterocycles. The van der Waals surface area contributed by atoms with Crippen LogP contribution in [0.1, 0.15) is 15.9 Å². The van der Waals surface area contributed by atoms with Crippen molar-refractivity contribution >= 4 is 18.1 Å². The van der Waals surface area contributed by atoms with Crippen molar-refractivity contribution in [1.82, 2.24) is 15.0 Å². The molecule has 0 fully saturated rings. The molecule has 5 aromatic rings. The number of amides is 1. The number of methoxy groups -OCH3 is 1. The average Bonchev–Trinajstić information content (AvgIpc) is 3.37. The summed E-state index contributed by atoms with van der Waals surface area (Å²) in [4.78, 5) is 29.3. The van der Waals surface area contributed by atoms with E-state index < -0.39 is 5.97 Å². The Bertz CT molecular complexity index is 1640. The molecule has 0 spiro atoms. The predicted molar refractivity (Wildman–Crippen MR) is 154 cm³/mol. The number of rotatable bonds is 9. The zero-order chi connectivity index (χ0) is 27.9. The van der Waals surface area contributed by atoms with E-state index in [4.69, 9.17) is 14.8 Å². The average molecular weight is 531 g/mol. The van der Waals surface area contributed by atoms with Gasteiger partial charge < -0.3 is 14.4 Å². The molecule has 0 saturated heterocycles. The monoisotopic (exact) mass is 530 g/mol. The third-order valence-corrected chi connectivity index (χ3v) is 6.27. The Morgan fingerprint density at radius 1 is 0.850 bits per heavy atom. The van der Waals surface area contributed by atoms with E-state index in [2.05, 4.69) is 10.5 Å². The Kier molecular flexibility index (Phi) is 7.78. The highest BCUT2D eigenvalue weighted by Crippen LogP contribution is 2.36. The lowest BCUT2D eigenvalue weighted by Crippen LogP contribution is -2.24. The molecule has 0 radical (unpaired) electrons. The lowest BCUT2D eigenvalue weighted by molar-refractivity contribution is -0.121. The van der Waals surface area contributed by atoms with Crippen molar-refractivity contribution in [1.29, 1.82) is 0 Å². The number of aromatic nitrogens is 2. The highest BCUT2D eigenvalue weighted by molar-refractivity contribution is 5.90. The van der Waals surface area contributed by atoms with Crippen molar-refractivity contribution in [2.24, 2.45) is 5.10 Å². The summed E-state index contributed by atoms with van der Waals surface area (Å²) in [5.41, 5.74) is 7.66. The minimum absolute atomic E-state index is 0.0410. The molecule has 0 aliphatic carbocycles. The van der Waals surface area contributed by atoms with Crippen molar-refractivity contribution in [2.45, 2.75) is 6.54 Å². The van der Waals surface area contributed by atoms with Crippen LogP contribution in [0.25, 0.3) is 33.9 Å². The summed E-state index contributed by atoms with van der Waals surface area (Å²) in [6.45, 7) is -0.0410. The number of nitrogens with one attached hydrogen (secondary N) is 1. The molecule has 4 aromatic carbocycles. The molecule has 0 aliphatic rings. The number of hydrazone groups is 1. The highest BCUT2D eigenvalue weighted by atomic mass is 16.5. The molecule has 198 valence electrons. The molecule has 1 aromatic heterocycles. The molecular formula is C32H26N4O4. The third-order valence-electron chi connectivity index (χ3n) is 6.27. The lowest BCUT2D eigenvalue weighted by atomic mass is 10.0. The Morgan fingerprint density at radius 3 is 2.08 bits per heavy atom. The maximum Gasteiger partial charge on any atom is 0.335 e. The van der Waals surface area contributed by atoms with Gasteiger partial charge in [-0.3, -0.25) is 4.79 Å². The first-order chi connectivity index (χ1) is 19.5. The summed E-state index contributed by atoms with van der Waals surface area (Å²) >= 11 is 0. The van der Waals surface area contributed by atoms with E-state index >= 15 is 0 Å². The van der Waals surface area contributed by atoms with Crippen LogP contribution < -0.4 is 10.2 Å². The normalized spacial score (nSPS) is 10.9. The quantitative estimate of drug-likeness (QED) is 0.187. The molecule has 0 unspecified atom stereocenters. The van der Waals surface area contributed by atoms with Gasteiger partial charge in [0.25, 0.3) is 5.91 Å². The molecule has 1 amide bonds. The molecular weight excluding hydrogens is 504 g/mol. The second kappa shape index (κ2) is 11.9. The molecule has 8 heteroatoms. The van der Waals surface area contributed by atoms with E-state index in [1.807, 2.05) is 89.5 Å². The minimum Gasteiger partial charge on any atom is -0.497 e. The number of carbonyl (C=O) groups is 2. The van der Waals surface area contributed by atoms with Gasteiger partial charge in [-0.05, 0) is 42.0 Å². The summed E-state index contributed by atoms with van der Waals surface area (Å²) in [6.07, 6.45) is 1.47. The number of ether oxygens (including phenoxy) is 1. The Labute approximate surface area is 231 Å². The van der Waals surface area contributed by atoms with Crippen LogP contribution >= 0.6 is 0 Å². The molecule has 0 bridgehead atoms. The van der Waals surface area contributed by atoms with Gasteiger partial charge in [0.1, 0.15) is 18.1 Å². The van der Waals surface area contributed by atoms with Gasteiger partial charge in [0.05, 0.1) is 30.3 Å². The minimum atomic E-state index is -1.01. The highest BCUT2D eigenvalue weighted by Gasteiger charge is 2.22. The van der Waals surface area contributed by atoms with Crippen LogP contribution in [0.3, 0.4) is 0 Å². The predicted octanol–water partition coefficient (Wildman–Crippen LogP) is 5.74. The van der Waals surface area contributed by atoms with Gasteiger partial charge in [0.15, 0.2) is 0 Å². The number of carboxylic acid groups (broad SMARTS) is 1. The summed E-state index contributed by atoms with van der Waals surface area (Å²) in [5, 5.41) is 13.2. The number of carboxylic acids is 1. The smallest absolute Gasteiger partial charge is 0.335 e. The van der Waals surface area contributed by atoms with Gasteiger partial charge in [0.2, 0.25) is 0 Å². The molecule has 1 heterocycles. The summed E-state index contributed by atoms with van der Waals surface area (Å²) in [7, 11) is 1.61. The Hall–Kier alpha value is -5.50. The maximum absolute atomic E-state index is 13.2. The molecule has 40 heavy (non-hydrogen) atoms. The summed E-state index contributed by atoms with van der Waals surface area (Å²) < 4.78 is 7.22. The first kappa shape index (κ1) is 26.1. The fourth-order valence-corrected chi connectivity index (χ4v) is 4.32. The number of aromatic carboxylic acids is 1. The van der Waals surface area contributed by atoms with Crippen LogP contribution in [0.2, 0.25) is 0 Å². The zero-order valence-electron chi connectivity index (χ0n) is 21.7. The SMILES string of the molecule is COc1ccc(-c2nc(-c3ccccc3)c(-c3ccccc3)n2CC(=O)N/N=C/c2ccc(C(=O)O)cc2)cc1. The molecule has 5 rings (SSSR count). The van der Waals surface area contributed by atoms with Crippen LogP contribution in [-0.2, 0) is 11.3 Å². The van der Waals surface area contributed by atoms with E-state index in [0.29, 0.717) is 11.4 Å². The van der Waals surface area contributed by atoms with Gasteiger partial charge in [-0.2, -0.15) is 5.10 Å². The van der Waals surface area contributed by atoms with Gasteiger partial charge in [-0.25, -0.2) is 15.2 Å². The van der Waals surface area contributed by atoms with Crippen molar-refractivity contribution in [3.05, 3.63) is 120 Å². The van der Waals surface area contributed by atoms with Crippen molar-refractivity contribution < 1.29 is 19.4 Å². The third kappa shape index (κ3) is 5.81. The number of hydrogen-bond donors (Lipinski definition) is 2. The summed E-state index contributed by atoms with van der Waals surface area (Å²) in [6, 6.07) is 33.5. The second-order valence-electron chi connectivity index (χ2n) is 8.90. The van der Waals surface area contributed by atoms with Gasteiger partial charge in [0, 0.05) is 16.7 Å². The van der Waals surface area contributed by atoms with Crippen molar-refractivity contribution in [3.63, 3.8) is 0 Å². The second-order valence-corrected chi connectivity index (χ2v) is 8.90. The summed E-state index contributed by atoms with van der Waals surface area (Å²) in [5.74, 6) is -0.00289. The molecule has 8 nitrogen and oxygen atoms in total. The zero-order valence-corrected chi connectivity index (χ0v) is 21.7. The topological polar surface area (TPSA) is 106 Å². The molecule has 2 N–H and O–H groups in total. The Morgan fingerprint density at radius 2 is 1.48 bits per heavy atom. The Balaban J connectivity index is 1.53. The number of carbonyl (C=O) groups excluding carboxylic acids is 1. The first-order valence-electron chi connectivity index (χ1n) is 12.5. The van der Waals surface area contributed by atoms with Crippen LogP contribution in [0.4, 0.5) is 0 Å². The number of hydrogen-bond acceptors (Lipinski definition) is 5. The van der Waals surface area contributed by atoms with Crippen LogP contribution in [0.15, 0.2) is 114 Å². The van der Waals surface area contributed by atoms with E-state index in [1.54, 1.807) is 19.2 Å². The van der Waals surface area contributed by atoms with Crippen molar-refractivity contribution in [3.8, 4) is 39.7 Å². The fraction of sp³-hybridized carbons (Fsp3) is 0.0625. The fourth-order valence-electron chi connectivity index (χ4n) is 4.32.